The largest absolute Gasteiger partial charge is 0.369 e. The Labute approximate surface area is 170 Å². The predicted octanol–water partition coefficient (Wildman–Crippen LogP) is 1.53. The minimum atomic E-state index is -0.309. The maximum absolute atomic E-state index is 11.3. The van der Waals surface area contributed by atoms with Crippen LogP contribution in [0.3, 0.4) is 0 Å². The Morgan fingerprint density at radius 2 is 2.00 bits per heavy atom. The third-order valence-electron chi connectivity index (χ3n) is 5.39. The number of nitrogens with two attached hydrogens (primary N) is 1. The minimum absolute atomic E-state index is 0.269. The van der Waals surface area contributed by atoms with E-state index in [9.17, 15) is 4.79 Å². The number of primary amides is 1. The molecule has 2 aromatic heterocycles. The van der Waals surface area contributed by atoms with E-state index in [2.05, 4.69) is 27.7 Å². The lowest BCUT2D eigenvalue weighted by molar-refractivity contribution is -0.117. The Bertz CT molecular complexity index is 1010. The molecule has 1 aliphatic heterocycles. The third kappa shape index (κ3) is 4.68. The van der Waals surface area contributed by atoms with Crippen LogP contribution in [-0.4, -0.2) is 38.7 Å². The second kappa shape index (κ2) is 8.53. The summed E-state index contributed by atoms with van der Waals surface area (Å²) in [5, 5.41) is 7.73. The van der Waals surface area contributed by atoms with Gasteiger partial charge in [-0.3, -0.25) is 9.48 Å². The first-order valence-corrected chi connectivity index (χ1v) is 9.98. The summed E-state index contributed by atoms with van der Waals surface area (Å²) in [5.41, 5.74) is 10.8. The number of aromatic nitrogens is 4. The molecule has 0 radical (unpaired) electrons. The highest BCUT2D eigenvalue weighted by Gasteiger charge is 2.19. The molecule has 0 aliphatic carbocycles. The minimum Gasteiger partial charge on any atom is -0.369 e. The molecule has 150 valence electrons. The van der Waals surface area contributed by atoms with Crippen LogP contribution in [0.1, 0.15) is 39.8 Å². The van der Waals surface area contributed by atoms with Crippen LogP contribution in [0.25, 0.3) is 0 Å². The van der Waals surface area contributed by atoms with Crippen molar-refractivity contribution in [2.24, 2.45) is 5.73 Å². The van der Waals surface area contributed by atoms with E-state index in [1.165, 1.54) is 0 Å². The van der Waals surface area contributed by atoms with Gasteiger partial charge < -0.3 is 11.1 Å². The van der Waals surface area contributed by atoms with Crippen LogP contribution >= 0.6 is 0 Å². The number of rotatable bonds is 8. The molecule has 0 spiro atoms. The molecule has 1 aliphatic rings. The van der Waals surface area contributed by atoms with E-state index < -0.39 is 0 Å². The van der Waals surface area contributed by atoms with E-state index in [0.717, 1.165) is 59.7 Å². The summed E-state index contributed by atoms with van der Waals surface area (Å²) in [6.07, 6.45) is 8.44. The number of hydrogen-bond donors (Lipinski definition) is 2. The summed E-state index contributed by atoms with van der Waals surface area (Å²) in [5.74, 6) is 0.499. The molecule has 1 saturated heterocycles. The molecule has 7 nitrogen and oxygen atoms in total. The topological polar surface area (TPSA) is 98.7 Å². The molecular weight excluding hydrogens is 364 g/mol. The van der Waals surface area contributed by atoms with Gasteiger partial charge in [0.05, 0.1) is 18.7 Å². The number of nitrogens with one attached hydrogen (secondary N) is 1. The maximum Gasteiger partial charge on any atom is 0.221 e. The van der Waals surface area contributed by atoms with Gasteiger partial charge in [0.25, 0.3) is 0 Å². The Balaban J connectivity index is 1.45. The average molecular weight is 390 g/mol. The zero-order chi connectivity index (χ0) is 20.2. The van der Waals surface area contributed by atoms with Crippen molar-refractivity contribution in [1.29, 1.82) is 0 Å². The van der Waals surface area contributed by atoms with Gasteiger partial charge in [0.15, 0.2) is 0 Å². The Hall–Kier alpha value is -3.06. The molecule has 3 aromatic rings. The highest BCUT2D eigenvalue weighted by molar-refractivity contribution is 5.77. The van der Waals surface area contributed by atoms with Crippen LogP contribution < -0.4 is 11.1 Å². The highest BCUT2D eigenvalue weighted by atomic mass is 16.1. The van der Waals surface area contributed by atoms with Gasteiger partial charge in [-0.25, -0.2) is 9.97 Å². The van der Waals surface area contributed by atoms with Crippen LogP contribution in [-0.2, 0) is 30.5 Å². The number of nitrogens with zero attached hydrogens (tertiary/aromatic N) is 4. The zero-order valence-corrected chi connectivity index (χ0v) is 16.6. The van der Waals surface area contributed by atoms with E-state index in [1.807, 2.05) is 42.2 Å². The van der Waals surface area contributed by atoms with Crippen LogP contribution in [0.4, 0.5) is 0 Å². The van der Waals surface area contributed by atoms with E-state index in [-0.39, 0.29) is 12.3 Å². The lowest BCUT2D eigenvalue weighted by atomic mass is 9.98. The standard InChI is InChI=1S/C22H26N6O/c1-15-10-25-22(8-16-11-26-28(14-16)19-12-24-13-19)27-20(15)7-6-17-4-2-3-5-18(17)9-21(23)29/h2-5,10-11,14,19,24H,6-9,12-13H2,1H3,(H2,23,29). The average Bonchev–Trinajstić information content (AvgIpc) is 3.09. The number of benzene rings is 1. The number of amides is 1. The molecule has 0 unspecified atom stereocenters. The lowest BCUT2D eigenvalue weighted by Crippen LogP contribution is -2.43. The molecule has 1 aromatic carbocycles. The number of hydrogen-bond acceptors (Lipinski definition) is 5. The van der Waals surface area contributed by atoms with Gasteiger partial charge in [0.2, 0.25) is 5.91 Å². The van der Waals surface area contributed by atoms with Crippen molar-refractivity contribution in [3.05, 3.63) is 76.6 Å². The van der Waals surface area contributed by atoms with Crippen LogP contribution in [0.15, 0.2) is 42.9 Å². The molecule has 3 heterocycles. The van der Waals surface area contributed by atoms with Gasteiger partial charge in [-0.05, 0) is 42.0 Å². The fourth-order valence-electron chi connectivity index (χ4n) is 3.58. The molecule has 0 bridgehead atoms. The quantitative estimate of drug-likeness (QED) is 0.608. The van der Waals surface area contributed by atoms with Crippen molar-refractivity contribution in [2.45, 2.75) is 38.6 Å². The molecule has 3 N–H and O–H groups in total. The van der Waals surface area contributed by atoms with Crippen LogP contribution in [0.5, 0.6) is 0 Å². The van der Waals surface area contributed by atoms with Gasteiger partial charge in [-0.15, -0.1) is 0 Å². The molecule has 29 heavy (non-hydrogen) atoms. The zero-order valence-electron chi connectivity index (χ0n) is 16.6. The van der Waals surface area contributed by atoms with Gasteiger partial charge in [-0.1, -0.05) is 24.3 Å². The van der Waals surface area contributed by atoms with Crippen molar-refractivity contribution in [1.82, 2.24) is 25.1 Å². The van der Waals surface area contributed by atoms with Gasteiger partial charge >= 0.3 is 0 Å². The van der Waals surface area contributed by atoms with E-state index >= 15 is 0 Å². The Morgan fingerprint density at radius 3 is 2.72 bits per heavy atom. The predicted molar refractivity (Wildman–Crippen MR) is 110 cm³/mol. The van der Waals surface area contributed by atoms with Crippen molar-refractivity contribution in [3.8, 4) is 0 Å². The fraction of sp³-hybridized carbons (Fsp3) is 0.364. The summed E-state index contributed by atoms with van der Waals surface area (Å²) in [6, 6.07) is 8.41. The number of carbonyl (C=O) groups is 1. The van der Waals surface area contributed by atoms with Crippen LogP contribution in [0.2, 0.25) is 0 Å². The maximum atomic E-state index is 11.3. The monoisotopic (exact) mass is 390 g/mol. The molecule has 1 fully saturated rings. The summed E-state index contributed by atoms with van der Waals surface area (Å²) < 4.78 is 2.02. The van der Waals surface area contributed by atoms with E-state index in [0.29, 0.717) is 12.5 Å². The fourth-order valence-corrected chi connectivity index (χ4v) is 3.58. The van der Waals surface area contributed by atoms with Crippen LogP contribution in [0, 0.1) is 6.92 Å². The first-order valence-electron chi connectivity index (χ1n) is 9.98. The summed E-state index contributed by atoms with van der Waals surface area (Å²) >= 11 is 0. The second-order valence-electron chi connectivity index (χ2n) is 7.65. The van der Waals surface area contributed by atoms with Crippen molar-refractivity contribution in [3.63, 3.8) is 0 Å². The Morgan fingerprint density at radius 1 is 1.21 bits per heavy atom. The molecular formula is C22H26N6O. The second-order valence-corrected chi connectivity index (χ2v) is 7.65. The molecule has 1 amide bonds. The first-order chi connectivity index (χ1) is 14.1. The number of carbonyl (C=O) groups excluding carboxylic acids is 1. The summed E-state index contributed by atoms with van der Waals surface area (Å²) in [4.78, 5) is 20.6. The van der Waals surface area contributed by atoms with E-state index in [1.54, 1.807) is 0 Å². The van der Waals surface area contributed by atoms with Gasteiger partial charge in [0, 0.05) is 37.6 Å². The Kier molecular flexibility index (Phi) is 5.67. The van der Waals surface area contributed by atoms with Crippen molar-refractivity contribution >= 4 is 5.91 Å². The summed E-state index contributed by atoms with van der Waals surface area (Å²) in [7, 11) is 0. The van der Waals surface area contributed by atoms with Gasteiger partial charge in [-0.2, -0.15) is 5.10 Å². The van der Waals surface area contributed by atoms with Crippen molar-refractivity contribution in [2.75, 3.05) is 13.1 Å². The molecule has 4 rings (SSSR count). The SMILES string of the molecule is Cc1cnc(Cc2cnn(C3CNC3)c2)nc1CCc1ccccc1CC(N)=O. The normalized spacial score (nSPS) is 14.0. The lowest BCUT2D eigenvalue weighted by Gasteiger charge is -2.27. The number of aryl methyl sites for hydroxylation is 3. The third-order valence-corrected chi connectivity index (χ3v) is 5.39. The highest BCUT2D eigenvalue weighted by Crippen LogP contribution is 2.16. The smallest absolute Gasteiger partial charge is 0.221 e. The molecule has 0 saturated carbocycles. The molecule has 0 atom stereocenters. The summed E-state index contributed by atoms with van der Waals surface area (Å²) in [6.45, 7) is 3.99. The first kappa shape index (κ1) is 19.3. The molecule has 7 heteroatoms. The van der Waals surface area contributed by atoms with Crippen molar-refractivity contribution < 1.29 is 4.79 Å². The van der Waals surface area contributed by atoms with E-state index in [4.69, 9.17) is 10.7 Å². The van der Waals surface area contributed by atoms with Gasteiger partial charge in [0.1, 0.15) is 5.82 Å².